The first-order chi connectivity index (χ1) is 5.68. The molecular weight excluding hydrogens is 218 g/mol. The van der Waals surface area contributed by atoms with Gasteiger partial charge in [0.1, 0.15) is 6.23 Å². The molecule has 0 saturated carbocycles. The van der Waals surface area contributed by atoms with Crippen LogP contribution < -0.4 is 5.32 Å². The number of anilines is 1. The average molecular weight is 228 g/mol. The molecule has 64 valence electrons. The van der Waals surface area contributed by atoms with Gasteiger partial charge in [0.05, 0.1) is 0 Å². The van der Waals surface area contributed by atoms with Crippen molar-refractivity contribution in [3.05, 3.63) is 28.2 Å². The maximum absolute atomic E-state index is 9.48. The van der Waals surface area contributed by atoms with Crippen LogP contribution in [0.25, 0.3) is 0 Å². The zero-order valence-electron chi connectivity index (χ0n) is 6.71. The second-order valence-corrected chi connectivity index (χ2v) is 4.03. The molecule has 0 spiro atoms. The molecule has 3 heteroatoms. The molecule has 0 bridgehead atoms. The third kappa shape index (κ3) is 1.13. The Labute approximate surface area is 79.7 Å². The summed E-state index contributed by atoms with van der Waals surface area (Å²) < 4.78 is 1.04. The third-order valence-corrected chi connectivity index (χ3v) is 2.78. The van der Waals surface area contributed by atoms with Gasteiger partial charge in [-0.1, -0.05) is 28.9 Å². The summed E-state index contributed by atoms with van der Waals surface area (Å²) in [4.78, 5) is 0. The monoisotopic (exact) mass is 227 g/mol. The Morgan fingerprint density at radius 3 is 3.00 bits per heavy atom. The Kier molecular flexibility index (Phi) is 1.85. The molecule has 1 heterocycles. The van der Waals surface area contributed by atoms with Crippen LogP contribution in [0.2, 0.25) is 0 Å². The second-order valence-electron chi connectivity index (χ2n) is 3.11. The maximum atomic E-state index is 9.48. The quantitative estimate of drug-likeness (QED) is 0.714. The first-order valence-electron chi connectivity index (χ1n) is 3.92. The van der Waals surface area contributed by atoms with Crippen LogP contribution in [-0.4, -0.2) is 11.3 Å². The first kappa shape index (κ1) is 8.08. The van der Waals surface area contributed by atoms with E-state index in [-0.39, 0.29) is 5.92 Å². The standard InChI is InChI=1S/C9H10BrNO/c1-5-7-3-2-6(10)4-8(7)11-9(5)12/h2-5,9,11-12H,1H3. The Hall–Kier alpha value is -0.540. The Morgan fingerprint density at radius 2 is 2.25 bits per heavy atom. The van der Waals surface area contributed by atoms with Crippen molar-refractivity contribution >= 4 is 21.6 Å². The highest BCUT2D eigenvalue weighted by Gasteiger charge is 2.26. The molecule has 0 amide bonds. The van der Waals surface area contributed by atoms with Crippen LogP contribution in [0.1, 0.15) is 18.4 Å². The van der Waals surface area contributed by atoms with Gasteiger partial charge < -0.3 is 10.4 Å². The molecule has 12 heavy (non-hydrogen) atoms. The third-order valence-electron chi connectivity index (χ3n) is 2.28. The fourth-order valence-corrected chi connectivity index (χ4v) is 1.87. The molecule has 0 radical (unpaired) electrons. The highest BCUT2D eigenvalue weighted by molar-refractivity contribution is 9.10. The number of nitrogens with one attached hydrogen (secondary N) is 1. The van der Waals surface area contributed by atoms with E-state index in [1.807, 2.05) is 25.1 Å². The minimum Gasteiger partial charge on any atom is -0.373 e. The van der Waals surface area contributed by atoms with Crippen LogP contribution in [0.3, 0.4) is 0 Å². The summed E-state index contributed by atoms with van der Waals surface area (Å²) in [5.41, 5.74) is 2.22. The topological polar surface area (TPSA) is 32.3 Å². The highest BCUT2D eigenvalue weighted by Crippen LogP contribution is 2.35. The average Bonchev–Trinajstić information content (AvgIpc) is 2.28. The van der Waals surface area contributed by atoms with Crippen LogP contribution in [0.15, 0.2) is 22.7 Å². The molecular formula is C9H10BrNO. The number of hydrogen-bond donors (Lipinski definition) is 2. The van der Waals surface area contributed by atoms with Gasteiger partial charge in [0.15, 0.2) is 0 Å². The van der Waals surface area contributed by atoms with Gasteiger partial charge in [-0.25, -0.2) is 0 Å². The van der Waals surface area contributed by atoms with Gasteiger partial charge in [-0.05, 0) is 17.7 Å². The number of aliphatic hydroxyl groups is 1. The number of halogens is 1. The molecule has 0 aliphatic carbocycles. The highest BCUT2D eigenvalue weighted by atomic mass is 79.9. The maximum Gasteiger partial charge on any atom is 0.131 e. The van der Waals surface area contributed by atoms with Crippen molar-refractivity contribution in [1.29, 1.82) is 0 Å². The zero-order valence-corrected chi connectivity index (χ0v) is 8.30. The summed E-state index contributed by atoms with van der Waals surface area (Å²) >= 11 is 3.38. The van der Waals surface area contributed by atoms with E-state index in [9.17, 15) is 5.11 Å². The summed E-state index contributed by atoms with van der Waals surface area (Å²) in [5, 5.41) is 12.5. The molecule has 1 aromatic carbocycles. The summed E-state index contributed by atoms with van der Waals surface area (Å²) in [5.74, 6) is 0.188. The van der Waals surface area contributed by atoms with Crippen molar-refractivity contribution in [2.45, 2.75) is 19.1 Å². The van der Waals surface area contributed by atoms with E-state index in [4.69, 9.17) is 0 Å². The second kappa shape index (κ2) is 2.75. The normalized spacial score (nSPS) is 26.6. The molecule has 2 N–H and O–H groups in total. The lowest BCUT2D eigenvalue weighted by Crippen LogP contribution is -2.16. The fourth-order valence-electron chi connectivity index (χ4n) is 1.50. The van der Waals surface area contributed by atoms with E-state index >= 15 is 0 Å². The lowest BCUT2D eigenvalue weighted by atomic mass is 10.0. The van der Waals surface area contributed by atoms with Crippen molar-refractivity contribution in [2.75, 3.05) is 5.32 Å². The van der Waals surface area contributed by atoms with E-state index in [0.29, 0.717) is 0 Å². The summed E-state index contributed by atoms with van der Waals surface area (Å²) in [6.45, 7) is 2.01. The van der Waals surface area contributed by atoms with Crippen molar-refractivity contribution < 1.29 is 5.11 Å². The van der Waals surface area contributed by atoms with Crippen LogP contribution in [-0.2, 0) is 0 Å². The van der Waals surface area contributed by atoms with Crippen LogP contribution >= 0.6 is 15.9 Å². The molecule has 0 saturated heterocycles. The van der Waals surface area contributed by atoms with Gasteiger partial charge in [-0.2, -0.15) is 0 Å². The Morgan fingerprint density at radius 1 is 1.50 bits per heavy atom. The predicted octanol–water partition coefficient (Wildman–Crippen LogP) is 2.30. The SMILES string of the molecule is CC1c2ccc(Br)cc2NC1O. The number of fused-ring (bicyclic) bond motifs is 1. The number of benzene rings is 1. The van der Waals surface area contributed by atoms with Gasteiger partial charge in [0, 0.05) is 16.1 Å². The fraction of sp³-hybridized carbons (Fsp3) is 0.333. The lowest BCUT2D eigenvalue weighted by Gasteiger charge is -2.07. The largest absolute Gasteiger partial charge is 0.373 e. The molecule has 1 aliphatic rings. The minimum atomic E-state index is -0.436. The molecule has 2 unspecified atom stereocenters. The van der Waals surface area contributed by atoms with E-state index in [2.05, 4.69) is 21.2 Å². The van der Waals surface area contributed by atoms with E-state index in [1.54, 1.807) is 0 Å². The first-order valence-corrected chi connectivity index (χ1v) is 4.72. The summed E-state index contributed by atoms with van der Waals surface area (Å²) in [7, 11) is 0. The van der Waals surface area contributed by atoms with E-state index in [0.717, 1.165) is 10.2 Å². The van der Waals surface area contributed by atoms with Crippen molar-refractivity contribution in [1.82, 2.24) is 0 Å². The van der Waals surface area contributed by atoms with Gasteiger partial charge in [0.2, 0.25) is 0 Å². The van der Waals surface area contributed by atoms with Crippen molar-refractivity contribution in [3.8, 4) is 0 Å². The summed E-state index contributed by atoms with van der Waals surface area (Å²) in [6.07, 6.45) is -0.436. The molecule has 2 rings (SSSR count). The molecule has 2 atom stereocenters. The smallest absolute Gasteiger partial charge is 0.131 e. The lowest BCUT2D eigenvalue weighted by molar-refractivity contribution is 0.187. The van der Waals surface area contributed by atoms with Crippen LogP contribution in [0.4, 0.5) is 5.69 Å². The molecule has 0 fully saturated rings. The molecule has 1 aromatic rings. The number of rotatable bonds is 0. The van der Waals surface area contributed by atoms with Crippen LogP contribution in [0, 0.1) is 0 Å². The van der Waals surface area contributed by atoms with Crippen LogP contribution in [0.5, 0.6) is 0 Å². The molecule has 0 aromatic heterocycles. The number of aliphatic hydroxyl groups excluding tert-OH is 1. The van der Waals surface area contributed by atoms with E-state index in [1.165, 1.54) is 5.56 Å². The van der Waals surface area contributed by atoms with Crippen molar-refractivity contribution in [2.24, 2.45) is 0 Å². The predicted molar refractivity (Wildman–Crippen MR) is 52.2 cm³/mol. The molecule has 2 nitrogen and oxygen atoms in total. The van der Waals surface area contributed by atoms with Gasteiger partial charge in [-0.15, -0.1) is 0 Å². The minimum absolute atomic E-state index is 0.188. The Bertz CT molecular complexity index is 313. The van der Waals surface area contributed by atoms with Gasteiger partial charge in [-0.3, -0.25) is 0 Å². The molecule has 1 aliphatic heterocycles. The Balaban J connectivity index is 2.47. The number of hydrogen-bond acceptors (Lipinski definition) is 2. The van der Waals surface area contributed by atoms with Gasteiger partial charge in [0.25, 0.3) is 0 Å². The van der Waals surface area contributed by atoms with Crippen molar-refractivity contribution in [3.63, 3.8) is 0 Å². The van der Waals surface area contributed by atoms with E-state index < -0.39 is 6.23 Å². The zero-order chi connectivity index (χ0) is 8.72. The van der Waals surface area contributed by atoms with Gasteiger partial charge >= 0.3 is 0 Å². The summed E-state index contributed by atoms with van der Waals surface area (Å²) in [6, 6.07) is 6.02.